The zero-order valence-corrected chi connectivity index (χ0v) is 18.5. The van der Waals surface area contributed by atoms with Gasteiger partial charge in [-0.05, 0) is 61.4 Å². The molecular weight excluding hydrogens is 453 g/mol. The monoisotopic (exact) mass is 471 g/mol. The van der Waals surface area contributed by atoms with Crippen molar-refractivity contribution in [2.24, 2.45) is 0 Å². The van der Waals surface area contributed by atoms with Crippen molar-refractivity contribution in [3.8, 4) is 22.8 Å². The summed E-state index contributed by atoms with van der Waals surface area (Å²) in [4.78, 5) is 4.47. The minimum absolute atomic E-state index is 0.103. The maximum atomic E-state index is 13.4. The molecule has 32 heavy (non-hydrogen) atoms. The first-order valence-corrected chi connectivity index (χ1v) is 11.5. The molecule has 0 spiro atoms. The van der Waals surface area contributed by atoms with Gasteiger partial charge in [0, 0.05) is 22.8 Å². The molecule has 4 aromatic rings. The smallest absolute Gasteiger partial charge is 0.257 e. The molecule has 0 bridgehead atoms. The first-order chi connectivity index (χ1) is 15.7. The summed E-state index contributed by atoms with van der Waals surface area (Å²) in [7, 11) is 0. The molecule has 2 aromatic heterocycles. The average Bonchev–Trinajstić information content (AvgIpc) is 3.56. The Balaban J connectivity index is 1.36. The summed E-state index contributed by atoms with van der Waals surface area (Å²) in [5.41, 5.74) is 1.60. The van der Waals surface area contributed by atoms with Crippen molar-refractivity contribution in [2.45, 2.75) is 36.4 Å². The molecule has 0 N–H and O–H groups in total. The zero-order chi connectivity index (χ0) is 21.9. The third kappa shape index (κ3) is 4.69. The van der Waals surface area contributed by atoms with E-state index in [0.29, 0.717) is 34.9 Å². The summed E-state index contributed by atoms with van der Waals surface area (Å²) in [6.45, 7) is 1.39. The molecule has 1 atom stereocenters. The molecule has 2 aromatic carbocycles. The molecule has 0 radical (unpaired) electrons. The second-order valence-electron chi connectivity index (χ2n) is 7.37. The highest BCUT2D eigenvalue weighted by Gasteiger charge is 2.22. The Bertz CT molecular complexity index is 1190. The Morgan fingerprint density at radius 1 is 1.06 bits per heavy atom. The summed E-state index contributed by atoms with van der Waals surface area (Å²) < 4.78 is 26.6. The first kappa shape index (κ1) is 21.1. The van der Waals surface area contributed by atoms with Crippen LogP contribution in [-0.2, 0) is 17.0 Å². The molecule has 0 aliphatic carbocycles. The third-order valence-electron chi connectivity index (χ3n) is 5.12. The normalized spacial score (nSPS) is 16.0. The van der Waals surface area contributed by atoms with E-state index < -0.39 is 0 Å². The third-order valence-corrected chi connectivity index (χ3v) is 6.33. The van der Waals surface area contributed by atoms with Gasteiger partial charge in [0.15, 0.2) is 16.8 Å². The standard InChI is InChI=1S/C22H19ClFN5O2S/c23-16-7-3-15(4-8-16)21-25-19(28-31-21)13-32-22-27-26-20(14-5-9-17(24)10-6-14)29(22)12-18-2-1-11-30-18/h3-10,18H,1-2,11-13H2. The number of benzene rings is 2. The molecule has 5 rings (SSSR count). The number of hydrogen-bond acceptors (Lipinski definition) is 7. The molecule has 1 saturated heterocycles. The fourth-order valence-electron chi connectivity index (χ4n) is 3.52. The lowest BCUT2D eigenvalue weighted by atomic mass is 10.2. The maximum absolute atomic E-state index is 13.4. The number of ether oxygens (including phenoxy) is 1. The van der Waals surface area contributed by atoms with Crippen LogP contribution < -0.4 is 0 Å². The molecule has 1 unspecified atom stereocenters. The van der Waals surface area contributed by atoms with Crippen LogP contribution in [0.1, 0.15) is 18.7 Å². The fourth-order valence-corrected chi connectivity index (χ4v) is 4.43. The van der Waals surface area contributed by atoms with Gasteiger partial charge in [-0.3, -0.25) is 4.57 Å². The van der Waals surface area contributed by atoms with Crippen molar-refractivity contribution in [3.63, 3.8) is 0 Å². The number of hydrogen-bond donors (Lipinski definition) is 0. The van der Waals surface area contributed by atoms with Crippen LogP contribution in [-0.4, -0.2) is 37.6 Å². The van der Waals surface area contributed by atoms with Gasteiger partial charge < -0.3 is 9.26 Å². The van der Waals surface area contributed by atoms with Gasteiger partial charge in [-0.2, -0.15) is 4.98 Å². The molecule has 164 valence electrons. The summed E-state index contributed by atoms with van der Waals surface area (Å²) in [5, 5.41) is 14.2. The van der Waals surface area contributed by atoms with Crippen LogP contribution in [0.4, 0.5) is 4.39 Å². The number of nitrogens with zero attached hydrogens (tertiary/aromatic N) is 5. The molecule has 0 saturated carbocycles. The topological polar surface area (TPSA) is 78.9 Å². The number of thioether (sulfide) groups is 1. The molecule has 1 aliphatic heterocycles. The van der Waals surface area contributed by atoms with Crippen LogP contribution in [0.3, 0.4) is 0 Å². The van der Waals surface area contributed by atoms with E-state index >= 15 is 0 Å². The Morgan fingerprint density at radius 2 is 1.84 bits per heavy atom. The predicted molar refractivity (Wildman–Crippen MR) is 119 cm³/mol. The van der Waals surface area contributed by atoms with Crippen LogP contribution in [0.5, 0.6) is 0 Å². The zero-order valence-electron chi connectivity index (χ0n) is 16.9. The Labute approximate surface area is 193 Å². The molecule has 3 heterocycles. The molecule has 7 nitrogen and oxygen atoms in total. The average molecular weight is 472 g/mol. The highest BCUT2D eigenvalue weighted by Crippen LogP contribution is 2.29. The van der Waals surface area contributed by atoms with Crippen molar-refractivity contribution in [1.82, 2.24) is 24.9 Å². The Hall–Kier alpha value is -2.75. The quantitative estimate of drug-likeness (QED) is 0.340. The minimum Gasteiger partial charge on any atom is -0.376 e. The highest BCUT2D eigenvalue weighted by molar-refractivity contribution is 7.98. The van der Waals surface area contributed by atoms with Gasteiger partial charge in [0.2, 0.25) is 0 Å². The van der Waals surface area contributed by atoms with Crippen LogP contribution >= 0.6 is 23.4 Å². The van der Waals surface area contributed by atoms with Crippen LogP contribution in [0.25, 0.3) is 22.8 Å². The maximum Gasteiger partial charge on any atom is 0.257 e. The van der Waals surface area contributed by atoms with E-state index in [1.165, 1.54) is 23.9 Å². The Kier molecular flexibility index (Phi) is 6.20. The second kappa shape index (κ2) is 9.40. The number of aromatic nitrogens is 5. The SMILES string of the molecule is Fc1ccc(-c2nnc(SCc3noc(-c4ccc(Cl)cc4)n3)n2CC2CCCO2)cc1. The van der Waals surface area contributed by atoms with Gasteiger partial charge in [0.05, 0.1) is 18.4 Å². The first-order valence-electron chi connectivity index (χ1n) is 10.2. The van der Waals surface area contributed by atoms with E-state index in [2.05, 4.69) is 20.3 Å². The molecule has 1 aliphatic rings. The summed E-state index contributed by atoms with van der Waals surface area (Å²) in [6, 6.07) is 13.5. The number of halogens is 2. The van der Waals surface area contributed by atoms with E-state index in [-0.39, 0.29) is 11.9 Å². The van der Waals surface area contributed by atoms with Crippen LogP contribution in [0.15, 0.2) is 58.2 Å². The lowest BCUT2D eigenvalue weighted by molar-refractivity contribution is 0.0953. The van der Waals surface area contributed by atoms with E-state index in [4.69, 9.17) is 20.9 Å². The van der Waals surface area contributed by atoms with Crippen molar-refractivity contribution in [3.05, 3.63) is 65.2 Å². The van der Waals surface area contributed by atoms with Gasteiger partial charge >= 0.3 is 0 Å². The Morgan fingerprint density at radius 3 is 2.59 bits per heavy atom. The van der Waals surface area contributed by atoms with Gasteiger partial charge in [-0.15, -0.1) is 10.2 Å². The van der Waals surface area contributed by atoms with Crippen molar-refractivity contribution in [2.75, 3.05) is 6.61 Å². The van der Waals surface area contributed by atoms with Crippen molar-refractivity contribution in [1.29, 1.82) is 0 Å². The van der Waals surface area contributed by atoms with Gasteiger partial charge in [0.1, 0.15) is 5.82 Å². The second-order valence-corrected chi connectivity index (χ2v) is 8.75. The van der Waals surface area contributed by atoms with Gasteiger partial charge in [0.25, 0.3) is 5.89 Å². The van der Waals surface area contributed by atoms with E-state index in [9.17, 15) is 4.39 Å². The molecule has 10 heteroatoms. The lowest BCUT2D eigenvalue weighted by Crippen LogP contribution is -2.16. The largest absolute Gasteiger partial charge is 0.376 e. The molecule has 1 fully saturated rings. The van der Waals surface area contributed by atoms with Gasteiger partial charge in [-0.25, -0.2) is 4.39 Å². The van der Waals surface area contributed by atoms with E-state index in [1.807, 2.05) is 16.7 Å². The van der Waals surface area contributed by atoms with Crippen LogP contribution in [0, 0.1) is 5.82 Å². The highest BCUT2D eigenvalue weighted by atomic mass is 35.5. The lowest BCUT2D eigenvalue weighted by Gasteiger charge is -2.14. The van der Waals surface area contributed by atoms with Crippen molar-refractivity contribution < 1.29 is 13.7 Å². The number of rotatable bonds is 7. The van der Waals surface area contributed by atoms with Crippen LogP contribution in [0.2, 0.25) is 5.02 Å². The van der Waals surface area contributed by atoms with Crippen molar-refractivity contribution >= 4 is 23.4 Å². The summed E-state index contributed by atoms with van der Waals surface area (Å²) in [5.74, 6) is 1.84. The van der Waals surface area contributed by atoms with E-state index in [1.54, 1.807) is 24.3 Å². The molecule has 0 amide bonds. The van der Waals surface area contributed by atoms with E-state index in [0.717, 1.165) is 35.7 Å². The predicted octanol–water partition coefficient (Wildman–Crippen LogP) is 5.26. The fraction of sp³-hybridized carbons (Fsp3) is 0.273. The minimum atomic E-state index is -0.290. The van der Waals surface area contributed by atoms with Gasteiger partial charge in [-0.1, -0.05) is 28.5 Å². The summed E-state index contributed by atoms with van der Waals surface area (Å²) >= 11 is 7.41. The molecular formula is C22H19ClFN5O2S. The summed E-state index contributed by atoms with van der Waals surface area (Å²) in [6.07, 6.45) is 2.13.